The van der Waals surface area contributed by atoms with E-state index in [-0.39, 0.29) is 23.2 Å². The molecule has 0 radical (unpaired) electrons. The summed E-state index contributed by atoms with van der Waals surface area (Å²) in [6, 6.07) is 6.71. The molecule has 2 aliphatic rings. The second kappa shape index (κ2) is 8.59. The molecule has 0 N–H and O–H groups in total. The molecule has 2 aromatic heterocycles. The summed E-state index contributed by atoms with van der Waals surface area (Å²) in [5.74, 6) is 0.648. The summed E-state index contributed by atoms with van der Waals surface area (Å²) >= 11 is 6.94. The number of rotatable bonds is 4. The van der Waals surface area contributed by atoms with Gasteiger partial charge in [0.05, 0.1) is 9.90 Å². The number of amides is 1. The quantitative estimate of drug-likeness (QED) is 0.710. The van der Waals surface area contributed by atoms with Crippen LogP contribution < -0.4 is 4.90 Å². The molecule has 0 aromatic carbocycles. The van der Waals surface area contributed by atoms with Crippen molar-refractivity contribution in [1.29, 1.82) is 0 Å². The number of thiophene rings is 1. The summed E-state index contributed by atoms with van der Waals surface area (Å²) in [6.07, 6.45) is 5.14. The lowest BCUT2D eigenvalue weighted by molar-refractivity contribution is 0.0698. The van der Waals surface area contributed by atoms with E-state index >= 15 is 0 Å². The van der Waals surface area contributed by atoms with E-state index in [4.69, 9.17) is 11.6 Å². The van der Waals surface area contributed by atoms with Gasteiger partial charge in [-0.25, -0.2) is 13.4 Å². The summed E-state index contributed by atoms with van der Waals surface area (Å²) < 4.78 is 27.6. The first-order chi connectivity index (χ1) is 14.0. The van der Waals surface area contributed by atoms with E-state index in [0.29, 0.717) is 23.0 Å². The number of hydrogen-bond acceptors (Lipinski definition) is 6. The third kappa shape index (κ3) is 4.28. The molecule has 29 heavy (non-hydrogen) atoms. The van der Waals surface area contributed by atoms with Gasteiger partial charge >= 0.3 is 0 Å². The Labute approximate surface area is 179 Å². The first-order valence-electron chi connectivity index (χ1n) is 9.71. The maximum absolute atomic E-state index is 13.2. The van der Waals surface area contributed by atoms with Gasteiger partial charge in [-0.15, -0.1) is 11.3 Å². The highest BCUT2D eigenvalue weighted by Gasteiger charge is 2.32. The first kappa shape index (κ1) is 20.6. The molecule has 0 unspecified atom stereocenters. The standard InChI is InChI=1S/C19H23ClN4O3S2/c20-16-6-7-17(28-16)29(26,27)24-13-11-23(12-14-24)19(25)15-5-4-8-21-18(15)22-9-2-1-3-10-22/h4-8H,1-3,9-14H2. The van der Waals surface area contributed by atoms with Gasteiger partial charge in [0, 0.05) is 45.5 Å². The molecule has 0 atom stereocenters. The molecule has 0 aliphatic carbocycles. The van der Waals surface area contributed by atoms with E-state index in [1.54, 1.807) is 23.2 Å². The summed E-state index contributed by atoms with van der Waals surface area (Å²) in [5.41, 5.74) is 0.593. The minimum atomic E-state index is -3.57. The highest BCUT2D eigenvalue weighted by molar-refractivity contribution is 7.91. The smallest absolute Gasteiger partial charge is 0.257 e. The molecule has 2 aromatic rings. The molecule has 0 bridgehead atoms. The number of hydrogen-bond donors (Lipinski definition) is 0. The van der Waals surface area contributed by atoms with E-state index < -0.39 is 10.0 Å². The molecule has 2 saturated heterocycles. The third-order valence-electron chi connectivity index (χ3n) is 5.34. The van der Waals surface area contributed by atoms with Crippen molar-refractivity contribution in [2.75, 3.05) is 44.2 Å². The fourth-order valence-electron chi connectivity index (χ4n) is 3.79. The van der Waals surface area contributed by atoms with Crippen LogP contribution in [0.4, 0.5) is 5.82 Å². The van der Waals surface area contributed by atoms with Crippen LogP contribution in [-0.2, 0) is 10.0 Å². The Bertz CT molecular complexity index is 981. The highest BCUT2D eigenvalue weighted by Crippen LogP contribution is 2.29. The van der Waals surface area contributed by atoms with Gasteiger partial charge in [-0.2, -0.15) is 4.31 Å². The number of piperazine rings is 1. The lowest BCUT2D eigenvalue weighted by Gasteiger charge is -2.35. The average Bonchev–Trinajstić information content (AvgIpc) is 3.21. The van der Waals surface area contributed by atoms with Crippen LogP contribution in [-0.4, -0.2) is 67.8 Å². The van der Waals surface area contributed by atoms with Crippen LogP contribution in [0, 0.1) is 0 Å². The zero-order valence-corrected chi connectivity index (χ0v) is 18.3. The molecular weight excluding hydrogens is 432 g/mol. The Morgan fingerprint density at radius 2 is 1.72 bits per heavy atom. The number of piperidine rings is 1. The number of pyridine rings is 1. The molecule has 0 spiro atoms. The fraction of sp³-hybridized carbons (Fsp3) is 0.474. The van der Waals surface area contributed by atoms with Crippen LogP contribution in [0.5, 0.6) is 0 Å². The number of nitrogens with zero attached hydrogens (tertiary/aromatic N) is 4. The molecule has 7 nitrogen and oxygen atoms in total. The van der Waals surface area contributed by atoms with Crippen molar-refractivity contribution in [2.45, 2.75) is 23.5 Å². The Kier molecular flexibility index (Phi) is 6.10. The maximum atomic E-state index is 13.2. The monoisotopic (exact) mass is 454 g/mol. The minimum Gasteiger partial charge on any atom is -0.356 e. The molecule has 2 fully saturated rings. The van der Waals surface area contributed by atoms with E-state index in [9.17, 15) is 13.2 Å². The summed E-state index contributed by atoms with van der Waals surface area (Å²) in [4.78, 5) is 21.5. The number of aromatic nitrogens is 1. The zero-order valence-electron chi connectivity index (χ0n) is 16.0. The Morgan fingerprint density at radius 1 is 1.00 bits per heavy atom. The van der Waals surface area contributed by atoms with Crippen LogP contribution >= 0.6 is 22.9 Å². The van der Waals surface area contributed by atoms with Crippen molar-refractivity contribution >= 4 is 44.7 Å². The van der Waals surface area contributed by atoms with Crippen molar-refractivity contribution in [3.8, 4) is 0 Å². The summed E-state index contributed by atoms with van der Waals surface area (Å²) in [6.45, 7) is 3.06. The van der Waals surface area contributed by atoms with Gasteiger partial charge in [-0.05, 0) is 43.5 Å². The molecule has 4 rings (SSSR count). The minimum absolute atomic E-state index is 0.0881. The number of halogens is 1. The van der Waals surface area contributed by atoms with Crippen LogP contribution in [0.1, 0.15) is 29.6 Å². The SMILES string of the molecule is O=C(c1cccnc1N1CCCCC1)N1CCN(S(=O)(=O)c2ccc(Cl)s2)CC1. The van der Waals surface area contributed by atoms with Crippen LogP contribution in [0.25, 0.3) is 0 Å². The number of sulfonamides is 1. The predicted molar refractivity (Wildman–Crippen MR) is 114 cm³/mol. The number of carbonyl (C=O) groups is 1. The molecule has 4 heterocycles. The third-order valence-corrected chi connectivity index (χ3v) is 8.94. The van der Waals surface area contributed by atoms with Gasteiger partial charge in [-0.3, -0.25) is 4.79 Å². The van der Waals surface area contributed by atoms with Crippen molar-refractivity contribution < 1.29 is 13.2 Å². The Hall–Kier alpha value is -1.68. The van der Waals surface area contributed by atoms with E-state index in [0.717, 1.165) is 43.1 Å². The molecule has 156 valence electrons. The van der Waals surface area contributed by atoms with Gasteiger partial charge in [-0.1, -0.05) is 11.6 Å². The van der Waals surface area contributed by atoms with Gasteiger partial charge in [0.2, 0.25) is 0 Å². The molecule has 0 saturated carbocycles. The van der Waals surface area contributed by atoms with Crippen molar-refractivity contribution in [3.63, 3.8) is 0 Å². The van der Waals surface area contributed by atoms with Gasteiger partial charge in [0.1, 0.15) is 10.0 Å². The van der Waals surface area contributed by atoms with Crippen molar-refractivity contribution in [3.05, 3.63) is 40.4 Å². The van der Waals surface area contributed by atoms with Crippen molar-refractivity contribution in [1.82, 2.24) is 14.2 Å². The van der Waals surface area contributed by atoms with Gasteiger partial charge in [0.15, 0.2) is 0 Å². The Morgan fingerprint density at radius 3 is 2.38 bits per heavy atom. The molecule has 10 heteroatoms. The molecule has 2 aliphatic heterocycles. The molecule has 1 amide bonds. The topological polar surface area (TPSA) is 73.8 Å². The fourth-order valence-corrected chi connectivity index (χ4v) is 6.85. The normalized spacial score (nSPS) is 18.8. The van der Waals surface area contributed by atoms with E-state index in [1.165, 1.54) is 16.8 Å². The van der Waals surface area contributed by atoms with E-state index in [1.807, 2.05) is 6.07 Å². The lowest BCUT2D eigenvalue weighted by Crippen LogP contribution is -2.50. The van der Waals surface area contributed by atoms with E-state index in [2.05, 4.69) is 9.88 Å². The Balaban J connectivity index is 1.46. The second-order valence-corrected chi connectivity index (χ2v) is 11.1. The van der Waals surface area contributed by atoms with Crippen LogP contribution in [0.3, 0.4) is 0 Å². The molecular formula is C19H23ClN4O3S2. The maximum Gasteiger partial charge on any atom is 0.257 e. The first-order valence-corrected chi connectivity index (χ1v) is 12.3. The summed E-state index contributed by atoms with van der Waals surface area (Å²) in [5, 5.41) is 0. The summed E-state index contributed by atoms with van der Waals surface area (Å²) in [7, 11) is -3.57. The largest absolute Gasteiger partial charge is 0.356 e. The number of carbonyl (C=O) groups excluding carboxylic acids is 1. The zero-order chi connectivity index (χ0) is 20.4. The lowest BCUT2D eigenvalue weighted by atomic mass is 10.1. The highest BCUT2D eigenvalue weighted by atomic mass is 35.5. The predicted octanol–water partition coefficient (Wildman–Crippen LogP) is 2.93. The second-order valence-electron chi connectivity index (χ2n) is 7.18. The van der Waals surface area contributed by atoms with Crippen LogP contribution in [0.15, 0.2) is 34.7 Å². The van der Waals surface area contributed by atoms with Crippen LogP contribution in [0.2, 0.25) is 4.34 Å². The van der Waals surface area contributed by atoms with Crippen molar-refractivity contribution in [2.24, 2.45) is 0 Å². The van der Waals surface area contributed by atoms with Gasteiger partial charge in [0.25, 0.3) is 15.9 Å². The number of anilines is 1. The average molecular weight is 455 g/mol. The van der Waals surface area contributed by atoms with Gasteiger partial charge < -0.3 is 9.80 Å².